The van der Waals surface area contributed by atoms with E-state index in [0.717, 1.165) is 16.0 Å². The number of benzene rings is 1. The van der Waals surface area contributed by atoms with Crippen molar-refractivity contribution in [2.45, 2.75) is 19.9 Å². The smallest absolute Gasteiger partial charge is 0.352 e. The molecule has 3 N–H and O–H groups in total. The van der Waals surface area contributed by atoms with Crippen molar-refractivity contribution < 1.29 is 14.7 Å². The largest absolute Gasteiger partial charge is 0.477 e. The van der Waals surface area contributed by atoms with E-state index < -0.39 is 5.97 Å². The molecule has 1 aromatic carbocycles. The van der Waals surface area contributed by atoms with Crippen LogP contribution in [0.5, 0.6) is 0 Å². The molecule has 3 heterocycles. The van der Waals surface area contributed by atoms with Gasteiger partial charge in [0.25, 0.3) is 5.91 Å². The third-order valence-electron chi connectivity index (χ3n) is 4.43. The number of thiophene rings is 1. The Bertz CT molecular complexity index is 1080. The summed E-state index contributed by atoms with van der Waals surface area (Å²) in [5, 5.41) is 21.5. The van der Waals surface area contributed by atoms with Crippen molar-refractivity contribution in [1.82, 2.24) is 9.78 Å². The number of amides is 1. The molecule has 0 bridgehead atoms. The zero-order valence-electron chi connectivity index (χ0n) is 15.3. The number of aromatic nitrogens is 2. The second-order valence-electron chi connectivity index (χ2n) is 6.65. The third-order valence-corrected chi connectivity index (χ3v) is 5.37. The molecular formula is C20H18N4O3S. The molecule has 28 heavy (non-hydrogen) atoms. The van der Waals surface area contributed by atoms with Crippen molar-refractivity contribution in [3.8, 4) is 0 Å². The number of rotatable bonds is 4. The van der Waals surface area contributed by atoms with Gasteiger partial charge in [-0.2, -0.15) is 5.10 Å². The standard InChI is InChI=1S/C20H18N4O3S/c1-11-6-12(2)8-13(7-11)22-19(25)14-10-21-24-16(17-4-3-5-28-17)9-15(20(26)27)23-18(14)24/h3-10,16,23H,1-2H3,(H,22,25)(H,26,27). The van der Waals surface area contributed by atoms with Crippen molar-refractivity contribution in [2.75, 3.05) is 10.6 Å². The van der Waals surface area contributed by atoms with Crippen LogP contribution < -0.4 is 10.6 Å². The van der Waals surface area contributed by atoms with Crippen LogP contribution in [-0.2, 0) is 4.79 Å². The minimum Gasteiger partial charge on any atom is -0.477 e. The predicted molar refractivity (Wildman–Crippen MR) is 108 cm³/mol. The number of hydrogen-bond donors (Lipinski definition) is 3. The van der Waals surface area contributed by atoms with Crippen LogP contribution in [0.4, 0.5) is 11.5 Å². The zero-order valence-corrected chi connectivity index (χ0v) is 16.1. The van der Waals surface area contributed by atoms with E-state index >= 15 is 0 Å². The van der Waals surface area contributed by atoms with E-state index in [-0.39, 0.29) is 23.2 Å². The maximum absolute atomic E-state index is 12.9. The molecule has 4 rings (SSSR count). The molecule has 0 spiro atoms. The lowest BCUT2D eigenvalue weighted by atomic mass is 10.1. The fraction of sp³-hybridized carbons (Fsp3) is 0.150. The first-order valence-corrected chi connectivity index (χ1v) is 9.53. The first-order valence-electron chi connectivity index (χ1n) is 8.65. The summed E-state index contributed by atoms with van der Waals surface area (Å²) in [4.78, 5) is 25.4. The van der Waals surface area contributed by atoms with Gasteiger partial charge in [-0.05, 0) is 54.6 Å². The molecule has 142 valence electrons. The lowest BCUT2D eigenvalue weighted by Crippen LogP contribution is -2.25. The highest BCUT2D eigenvalue weighted by Gasteiger charge is 2.29. The Morgan fingerprint density at radius 2 is 2.00 bits per heavy atom. The summed E-state index contributed by atoms with van der Waals surface area (Å²) >= 11 is 1.50. The van der Waals surface area contributed by atoms with E-state index in [9.17, 15) is 14.7 Å². The average Bonchev–Trinajstić information content (AvgIpc) is 3.29. The number of aliphatic carboxylic acids is 1. The number of carbonyl (C=O) groups excluding carboxylic acids is 1. The zero-order chi connectivity index (χ0) is 19.8. The first kappa shape index (κ1) is 18.0. The van der Waals surface area contributed by atoms with Gasteiger partial charge in [0.05, 0.1) is 6.20 Å². The molecule has 7 nitrogen and oxygen atoms in total. The van der Waals surface area contributed by atoms with Gasteiger partial charge in [0.1, 0.15) is 23.1 Å². The van der Waals surface area contributed by atoms with Gasteiger partial charge < -0.3 is 15.7 Å². The van der Waals surface area contributed by atoms with Crippen LogP contribution in [-0.4, -0.2) is 26.8 Å². The van der Waals surface area contributed by atoms with E-state index in [1.807, 2.05) is 49.6 Å². The highest BCUT2D eigenvalue weighted by molar-refractivity contribution is 7.10. The van der Waals surface area contributed by atoms with Gasteiger partial charge in [0.2, 0.25) is 0 Å². The van der Waals surface area contributed by atoms with E-state index in [0.29, 0.717) is 11.5 Å². The van der Waals surface area contributed by atoms with Crippen molar-refractivity contribution in [3.63, 3.8) is 0 Å². The van der Waals surface area contributed by atoms with Crippen LogP contribution in [0.2, 0.25) is 0 Å². The molecule has 0 saturated heterocycles. The maximum Gasteiger partial charge on any atom is 0.352 e. The van der Waals surface area contributed by atoms with Gasteiger partial charge in [-0.3, -0.25) is 4.79 Å². The van der Waals surface area contributed by atoms with Crippen LogP contribution in [0.3, 0.4) is 0 Å². The summed E-state index contributed by atoms with van der Waals surface area (Å²) in [5.74, 6) is -1.08. The van der Waals surface area contributed by atoms with Crippen LogP contribution in [0.15, 0.2) is 53.7 Å². The van der Waals surface area contributed by atoms with E-state index in [4.69, 9.17) is 0 Å². The van der Waals surface area contributed by atoms with Crippen molar-refractivity contribution in [1.29, 1.82) is 0 Å². The molecule has 1 aliphatic heterocycles. The molecule has 0 saturated carbocycles. The number of carboxylic acids is 1. The lowest BCUT2D eigenvalue weighted by molar-refractivity contribution is -0.132. The second kappa shape index (κ2) is 6.97. The SMILES string of the molecule is Cc1cc(C)cc(NC(=O)c2cnn3c2NC(C(=O)O)=CC3c2cccs2)c1. The monoisotopic (exact) mass is 394 g/mol. The Hall–Kier alpha value is -3.39. The van der Waals surface area contributed by atoms with Crippen LogP contribution in [0.1, 0.15) is 32.4 Å². The first-order chi connectivity index (χ1) is 13.4. The molecule has 2 aromatic heterocycles. The molecule has 1 unspecified atom stereocenters. The van der Waals surface area contributed by atoms with Crippen LogP contribution >= 0.6 is 11.3 Å². The minimum atomic E-state index is -1.09. The van der Waals surface area contributed by atoms with E-state index in [1.54, 1.807) is 10.8 Å². The third kappa shape index (κ3) is 3.29. The quantitative estimate of drug-likeness (QED) is 0.626. The Labute approximate surface area is 165 Å². The predicted octanol–water partition coefficient (Wildman–Crippen LogP) is 3.80. The van der Waals surface area contributed by atoms with Gasteiger partial charge in [-0.1, -0.05) is 12.1 Å². The Morgan fingerprint density at radius 1 is 1.25 bits per heavy atom. The summed E-state index contributed by atoms with van der Waals surface area (Å²) in [5.41, 5.74) is 3.07. The molecular weight excluding hydrogens is 376 g/mol. The molecule has 8 heteroatoms. The average molecular weight is 394 g/mol. The molecule has 1 aliphatic rings. The molecule has 1 atom stereocenters. The topological polar surface area (TPSA) is 96.3 Å². The highest BCUT2D eigenvalue weighted by atomic mass is 32.1. The number of allylic oxidation sites excluding steroid dienone is 1. The molecule has 0 aliphatic carbocycles. The summed E-state index contributed by atoms with van der Waals surface area (Å²) < 4.78 is 1.63. The van der Waals surface area contributed by atoms with Gasteiger partial charge in [-0.15, -0.1) is 11.3 Å². The fourth-order valence-electron chi connectivity index (χ4n) is 3.29. The second-order valence-corrected chi connectivity index (χ2v) is 7.63. The lowest BCUT2D eigenvalue weighted by Gasteiger charge is -2.23. The van der Waals surface area contributed by atoms with Gasteiger partial charge >= 0.3 is 5.97 Å². The van der Waals surface area contributed by atoms with Crippen LogP contribution in [0.25, 0.3) is 0 Å². The number of aryl methyl sites for hydroxylation is 2. The number of hydrogen-bond acceptors (Lipinski definition) is 5. The highest BCUT2D eigenvalue weighted by Crippen LogP contribution is 2.34. The summed E-state index contributed by atoms with van der Waals surface area (Å²) in [6.07, 6.45) is 3.05. The Balaban J connectivity index is 1.70. The number of nitrogens with zero attached hydrogens (tertiary/aromatic N) is 2. The number of carboxylic acid groups (broad SMARTS) is 1. The maximum atomic E-state index is 12.9. The molecule has 0 fully saturated rings. The molecule has 0 radical (unpaired) electrons. The molecule has 1 amide bonds. The van der Waals surface area contributed by atoms with Crippen molar-refractivity contribution in [2.24, 2.45) is 0 Å². The minimum absolute atomic E-state index is 0.0202. The van der Waals surface area contributed by atoms with Gasteiger partial charge in [0.15, 0.2) is 0 Å². The number of nitrogens with one attached hydrogen (secondary N) is 2. The Morgan fingerprint density at radius 3 is 2.64 bits per heavy atom. The fourth-order valence-corrected chi connectivity index (χ4v) is 4.07. The van der Waals surface area contributed by atoms with E-state index in [1.165, 1.54) is 17.5 Å². The number of fused-ring (bicyclic) bond motifs is 1. The normalized spacial score (nSPS) is 15.4. The number of carbonyl (C=O) groups is 2. The molecule has 3 aromatic rings. The van der Waals surface area contributed by atoms with E-state index in [2.05, 4.69) is 15.7 Å². The summed E-state index contributed by atoms with van der Waals surface area (Å²) in [6, 6.07) is 9.21. The van der Waals surface area contributed by atoms with Gasteiger partial charge in [-0.25, -0.2) is 9.48 Å². The van der Waals surface area contributed by atoms with Crippen molar-refractivity contribution in [3.05, 3.63) is 75.2 Å². The van der Waals surface area contributed by atoms with Crippen molar-refractivity contribution >= 4 is 34.7 Å². The Kier molecular flexibility index (Phi) is 4.48. The summed E-state index contributed by atoms with van der Waals surface area (Å²) in [6.45, 7) is 3.92. The van der Waals surface area contributed by atoms with Gasteiger partial charge in [0, 0.05) is 10.6 Å². The number of anilines is 2. The van der Waals surface area contributed by atoms with Crippen LogP contribution in [0, 0.1) is 13.8 Å². The summed E-state index contributed by atoms with van der Waals surface area (Å²) in [7, 11) is 0.